The SMILES string of the molecule is O=C(O)c1cc(N(Cc2ccccc2)Cc2ccccc2)cs1. The summed E-state index contributed by atoms with van der Waals surface area (Å²) in [7, 11) is 0. The first kappa shape index (κ1) is 15.3. The summed E-state index contributed by atoms with van der Waals surface area (Å²) in [4.78, 5) is 13.7. The molecule has 0 radical (unpaired) electrons. The third kappa shape index (κ3) is 3.99. The lowest BCUT2D eigenvalue weighted by molar-refractivity contribution is 0.0702. The van der Waals surface area contributed by atoms with Gasteiger partial charge in [-0.25, -0.2) is 4.79 Å². The molecule has 1 aromatic heterocycles. The fourth-order valence-electron chi connectivity index (χ4n) is 2.45. The van der Waals surface area contributed by atoms with Crippen LogP contribution in [0.1, 0.15) is 20.8 Å². The average molecular weight is 323 g/mol. The van der Waals surface area contributed by atoms with Crippen LogP contribution in [0.4, 0.5) is 5.69 Å². The van der Waals surface area contributed by atoms with Crippen molar-refractivity contribution >= 4 is 23.0 Å². The average Bonchev–Trinajstić information content (AvgIpc) is 3.06. The highest BCUT2D eigenvalue weighted by Crippen LogP contribution is 2.26. The molecule has 2 aromatic carbocycles. The predicted molar refractivity (Wildman–Crippen MR) is 94.0 cm³/mol. The van der Waals surface area contributed by atoms with Gasteiger partial charge in [0, 0.05) is 24.2 Å². The zero-order chi connectivity index (χ0) is 16.1. The van der Waals surface area contributed by atoms with E-state index >= 15 is 0 Å². The molecule has 4 heteroatoms. The van der Waals surface area contributed by atoms with E-state index in [9.17, 15) is 4.79 Å². The second kappa shape index (κ2) is 7.11. The zero-order valence-corrected chi connectivity index (χ0v) is 13.4. The van der Waals surface area contributed by atoms with Crippen LogP contribution in [0.2, 0.25) is 0 Å². The Morgan fingerprint density at radius 1 is 0.913 bits per heavy atom. The van der Waals surface area contributed by atoms with Gasteiger partial charge in [0.25, 0.3) is 0 Å². The molecule has 3 aromatic rings. The smallest absolute Gasteiger partial charge is 0.345 e. The van der Waals surface area contributed by atoms with Crippen LogP contribution >= 0.6 is 11.3 Å². The standard InChI is InChI=1S/C19H17NO2S/c21-19(22)18-11-17(14-23-18)20(12-15-7-3-1-4-8-15)13-16-9-5-2-6-10-16/h1-11,14H,12-13H2,(H,21,22). The maximum Gasteiger partial charge on any atom is 0.345 e. The molecule has 0 bridgehead atoms. The van der Waals surface area contributed by atoms with E-state index in [1.165, 1.54) is 22.5 Å². The predicted octanol–water partition coefficient (Wildman–Crippen LogP) is 4.65. The third-order valence-electron chi connectivity index (χ3n) is 3.59. The number of aromatic carboxylic acids is 1. The number of hydrogen-bond donors (Lipinski definition) is 1. The van der Waals surface area contributed by atoms with Crippen LogP contribution in [-0.2, 0) is 13.1 Å². The Morgan fingerprint density at radius 2 is 1.43 bits per heavy atom. The minimum atomic E-state index is -0.874. The van der Waals surface area contributed by atoms with Gasteiger partial charge in [0.1, 0.15) is 4.88 Å². The van der Waals surface area contributed by atoms with Gasteiger partial charge in [-0.05, 0) is 17.2 Å². The number of carbonyl (C=O) groups is 1. The first-order valence-corrected chi connectivity index (χ1v) is 8.25. The van der Waals surface area contributed by atoms with Gasteiger partial charge in [-0.1, -0.05) is 60.7 Å². The molecule has 0 atom stereocenters. The molecule has 3 nitrogen and oxygen atoms in total. The van der Waals surface area contributed by atoms with Crippen molar-refractivity contribution in [3.8, 4) is 0 Å². The van der Waals surface area contributed by atoms with Crippen molar-refractivity contribution in [3.63, 3.8) is 0 Å². The van der Waals surface area contributed by atoms with E-state index < -0.39 is 5.97 Å². The van der Waals surface area contributed by atoms with Crippen LogP contribution in [0.3, 0.4) is 0 Å². The summed E-state index contributed by atoms with van der Waals surface area (Å²) in [6.45, 7) is 1.48. The van der Waals surface area contributed by atoms with Gasteiger partial charge in [-0.3, -0.25) is 0 Å². The maximum atomic E-state index is 11.1. The van der Waals surface area contributed by atoms with E-state index in [0.717, 1.165) is 18.8 Å². The maximum absolute atomic E-state index is 11.1. The molecule has 3 rings (SSSR count). The number of hydrogen-bond acceptors (Lipinski definition) is 3. The van der Waals surface area contributed by atoms with Crippen molar-refractivity contribution in [2.45, 2.75) is 13.1 Å². The number of benzene rings is 2. The molecule has 23 heavy (non-hydrogen) atoms. The summed E-state index contributed by atoms with van der Waals surface area (Å²) in [6, 6.07) is 22.2. The van der Waals surface area contributed by atoms with Crippen molar-refractivity contribution in [2.24, 2.45) is 0 Å². The quantitative estimate of drug-likeness (QED) is 0.717. The number of anilines is 1. The monoisotopic (exact) mass is 323 g/mol. The Balaban J connectivity index is 1.87. The van der Waals surface area contributed by atoms with Gasteiger partial charge < -0.3 is 10.0 Å². The Morgan fingerprint density at radius 3 is 1.87 bits per heavy atom. The molecule has 0 unspecified atom stereocenters. The van der Waals surface area contributed by atoms with E-state index in [2.05, 4.69) is 29.2 Å². The normalized spacial score (nSPS) is 10.4. The fourth-order valence-corrected chi connectivity index (χ4v) is 3.20. The van der Waals surface area contributed by atoms with E-state index in [0.29, 0.717) is 4.88 Å². The Bertz CT molecular complexity index is 727. The summed E-state index contributed by atoms with van der Waals surface area (Å²) in [5, 5.41) is 11.1. The molecule has 0 aliphatic rings. The lowest BCUT2D eigenvalue weighted by Crippen LogP contribution is -2.21. The van der Waals surface area contributed by atoms with Crippen molar-refractivity contribution in [1.29, 1.82) is 0 Å². The molecular weight excluding hydrogens is 306 g/mol. The van der Waals surface area contributed by atoms with Crippen molar-refractivity contribution in [2.75, 3.05) is 4.90 Å². The van der Waals surface area contributed by atoms with Gasteiger partial charge in [0.15, 0.2) is 0 Å². The topological polar surface area (TPSA) is 40.5 Å². The van der Waals surface area contributed by atoms with E-state index in [1.807, 2.05) is 41.8 Å². The van der Waals surface area contributed by atoms with Gasteiger partial charge >= 0.3 is 5.97 Å². The molecule has 0 aliphatic carbocycles. The largest absolute Gasteiger partial charge is 0.477 e. The van der Waals surface area contributed by atoms with Crippen LogP contribution in [0, 0.1) is 0 Å². The van der Waals surface area contributed by atoms with Crippen LogP contribution in [-0.4, -0.2) is 11.1 Å². The summed E-state index contributed by atoms with van der Waals surface area (Å²) in [6.07, 6.45) is 0. The van der Waals surface area contributed by atoms with E-state index in [4.69, 9.17) is 5.11 Å². The second-order valence-electron chi connectivity index (χ2n) is 5.30. The van der Waals surface area contributed by atoms with Crippen LogP contribution in [0.5, 0.6) is 0 Å². The molecular formula is C19H17NO2S. The van der Waals surface area contributed by atoms with Crippen molar-refractivity contribution in [3.05, 3.63) is 88.1 Å². The molecule has 116 valence electrons. The highest BCUT2D eigenvalue weighted by Gasteiger charge is 2.13. The summed E-state index contributed by atoms with van der Waals surface area (Å²) >= 11 is 1.27. The molecule has 1 N–H and O–H groups in total. The molecule has 0 fully saturated rings. The second-order valence-corrected chi connectivity index (χ2v) is 6.21. The van der Waals surface area contributed by atoms with Crippen LogP contribution in [0.25, 0.3) is 0 Å². The van der Waals surface area contributed by atoms with Gasteiger partial charge in [-0.15, -0.1) is 11.3 Å². The van der Waals surface area contributed by atoms with Gasteiger partial charge in [0.2, 0.25) is 0 Å². The number of carboxylic acid groups (broad SMARTS) is 1. The van der Waals surface area contributed by atoms with E-state index in [1.54, 1.807) is 6.07 Å². The Hall–Kier alpha value is -2.59. The van der Waals surface area contributed by atoms with Gasteiger partial charge in [0.05, 0.1) is 0 Å². The summed E-state index contributed by atoms with van der Waals surface area (Å²) in [5.41, 5.74) is 3.35. The van der Waals surface area contributed by atoms with Crippen LogP contribution < -0.4 is 4.90 Å². The number of rotatable bonds is 6. The molecule has 0 amide bonds. The number of nitrogens with zero attached hydrogens (tertiary/aromatic N) is 1. The Labute approximate surface area is 139 Å². The van der Waals surface area contributed by atoms with Gasteiger partial charge in [-0.2, -0.15) is 0 Å². The third-order valence-corrected chi connectivity index (χ3v) is 4.50. The Kier molecular flexibility index (Phi) is 4.74. The lowest BCUT2D eigenvalue weighted by Gasteiger charge is -2.24. The van der Waals surface area contributed by atoms with Crippen molar-refractivity contribution in [1.82, 2.24) is 0 Å². The molecule has 0 spiro atoms. The highest BCUT2D eigenvalue weighted by molar-refractivity contribution is 7.12. The molecule has 0 aliphatic heterocycles. The van der Waals surface area contributed by atoms with Crippen LogP contribution in [0.15, 0.2) is 72.1 Å². The number of thiophene rings is 1. The fraction of sp³-hybridized carbons (Fsp3) is 0.105. The van der Waals surface area contributed by atoms with E-state index in [-0.39, 0.29) is 0 Å². The van der Waals surface area contributed by atoms with Crippen molar-refractivity contribution < 1.29 is 9.90 Å². The minimum Gasteiger partial charge on any atom is -0.477 e. The molecule has 1 heterocycles. The highest BCUT2D eigenvalue weighted by atomic mass is 32.1. The molecule has 0 saturated heterocycles. The summed E-state index contributed by atoms with van der Waals surface area (Å²) < 4.78 is 0. The molecule has 0 saturated carbocycles. The minimum absolute atomic E-state index is 0.367. The summed E-state index contributed by atoms with van der Waals surface area (Å²) in [5.74, 6) is -0.874. The zero-order valence-electron chi connectivity index (χ0n) is 12.6. The number of carboxylic acids is 1. The first-order valence-electron chi connectivity index (χ1n) is 7.37. The first-order chi connectivity index (χ1) is 11.2. The lowest BCUT2D eigenvalue weighted by atomic mass is 10.1.